The Morgan fingerprint density at radius 2 is 1.81 bits per heavy atom. The Bertz CT molecular complexity index is 341. The molecule has 3 rings (SSSR count). The molecule has 122 valence electrons. The summed E-state index contributed by atoms with van der Waals surface area (Å²) < 4.78 is 5.50. The molecule has 4 nitrogen and oxygen atoms in total. The zero-order chi connectivity index (χ0) is 14.9. The third-order valence-electron chi connectivity index (χ3n) is 5.95. The third kappa shape index (κ3) is 3.61. The van der Waals surface area contributed by atoms with Gasteiger partial charge in [-0.2, -0.15) is 0 Å². The van der Waals surface area contributed by atoms with E-state index in [9.17, 15) is 0 Å². The molecule has 3 fully saturated rings. The smallest absolute Gasteiger partial charge is 0.0594 e. The highest BCUT2D eigenvalue weighted by molar-refractivity contribution is 4.97. The minimum absolute atomic E-state index is 0.509. The van der Waals surface area contributed by atoms with Crippen molar-refractivity contribution in [1.82, 2.24) is 15.1 Å². The first-order valence-electron chi connectivity index (χ1n) is 8.82. The molecule has 0 aromatic rings. The van der Waals surface area contributed by atoms with E-state index in [-0.39, 0.29) is 0 Å². The second kappa shape index (κ2) is 6.53. The number of rotatable bonds is 3. The first kappa shape index (κ1) is 15.7. The molecular weight excluding hydrogens is 262 g/mol. The van der Waals surface area contributed by atoms with Crippen LogP contribution >= 0.6 is 0 Å². The molecule has 0 aromatic carbocycles. The SMILES string of the molecule is CNC1CCC(C)(C)CC1N1CCC(N2CCOCC2)C1. The molecule has 0 amide bonds. The summed E-state index contributed by atoms with van der Waals surface area (Å²) in [6.45, 7) is 11.5. The number of morpholine rings is 1. The molecular formula is C17H33N3O. The standard InChI is InChI=1S/C17H33N3O/c1-17(2)6-4-15(18-3)16(12-17)20-7-5-14(13-20)19-8-10-21-11-9-19/h14-16,18H,4-13H2,1-3H3. The molecule has 3 atom stereocenters. The molecule has 2 saturated heterocycles. The van der Waals surface area contributed by atoms with E-state index in [2.05, 4.69) is 36.0 Å². The van der Waals surface area contributed by atoms with Crippen molar-refractivity contribution < 1.29 is 4.74 Å². The van der Waals surface area contributed by atoms with Crippen LogP contribution in [0.1, 0.15) is 39.5 Å². The lowest BCUT2D eigenvalue weighted by molar-refractivity contribution is 0.0146. The normalized spacial score (nSPS) is 38.7. The molecule has 0 radical (unpaired) electrons. The van der Waals surface area contributed by atoms with Gasteiger partial charge in [-0.25, -0.2) is 0 Å². The van der Waals surface area contributed by atoms with Gasteiger partial charge in [-0.15, -0.1) is 0 Å². The minimum Gasteiger partial charge on any atom is -0.379 e. The van der Waals surface area contributed by atoms with Crippen LogP contribution in [0.5, 0.6) is 0 Å². The molecule has 2 aliphatic heterocycles. The van der Waals surface area contributed by atoms with Crippen molar-refractivity contribution in [2.75, 3.05) is 46.4 Å². The quantitative estimate of drug-likeness (QED) is 0.855. The van der Waals surface area contributed by atoms with Crippen LogP contribution in [0.4, 0.5) is 0 Å². The van der Waals surface area contributed by atoms with Crippen molar-refractivity contribution >= 4 is 0 Å². The van der Waals surface area contributed by atoms with Crippen LogP contribution < -0.4 is 5.32 Å². The summed E-state index contributed by atoms with van der Waals surface area (Å²) in [6.07, 6.45) is 5.37. The Kier molecular flexibility index (Phi) is 4.89. The Hall–Kier alpha value is -0.160. The topological polar surface area (TPSA) is 27.7 Å². The van der Waals surface area contributed by atoms with Gasteiger partial charge in [0.15, 0.2) is 0 Å². The number of nitrogens with one attached hydrogen (secondary N) is 1. The van der Waals surface area contributed by atoms with Gasteiger partial charge >= 0.3 is 0 Å². The molecule has 4 heteroatoms. The lowest BCUT2D eigenvalue weighted by Gasteiger charge is -2.45. The Morgan fingerprint density at radius 3 is 2.52 bits per heavy atom. The maximum atomic E-state index is 5.50. The highest BCUT2D eigenvalue weighted by Gasteiger charge is 2.40. The molecule has 0 spiro atoms. The summed E-state index contributed by atoms with van der Waals surface area (Å²) in [5.41, 5.74) is 0.509. The fraction of sp³-hybridized carbons (Fsp3) is 1.00. The van der Waals surface area contributed by atoms with Gasteiger partial charge < -0.3 is 10.1 Å². The van der Waals surface area contributed by atoms with E-state index < -0.39 is 0 Å². The third-order valence-corrected chi connectivity index (χ3v) is 5.95. The predicted octanol–water partition coefficient (Wildman–Crippen LogP) is 1.56. The minimum atomic E-state index is 0.509. The van der Waals surface area contributed by atoms with E-state index in [1.807, 2.05) is 0 Å². The van der Waals surface area contributed by atoms with Gasteiger partial charge in [-0.1, -0.05) is 13.8 Å². The summed E-state index contributed by atoms with van der Waals surface area (Å²) in [5, 5.41) is 3.59. The Balaban J connectivity index is 1.60. The molecule has 21 heavy (non-hydrogen) atoms. The summed E-state index contributed by atoms with van der Waals surface area (Å²) in [6, 6.07) is 2.17. The molecule has 3 aliphatic rings. The van der Waals surface area contributed by atoms with E-state index in [4.69, 9.17) is 4.74 Å². The van der Waals surface area contributed by atoms with Crippen molar-refractivity contribution in [3.8, 4) is 0 Å². The second-order valence-corrected chi connectivity index (χ2v) is 7.96. The maximum Gasteiger partial charge on any atom is 0.0594 e. The van der Waals surface area contributed by atoms with Crippen LogP contribution in [-0.4, -0.2) is 74.4 Å². The Morgan fingerprint density at radius 1 is 1.05 bits per heavy atom. The van der Waals surface area contributed by atoms with Crippen LogP contribution in [-0.2, 0) is 4.74 Å². The molecule has 2 heterocycles. The van der Waals surface area contributed by atoms with Crippen LogP contribution in [0.25, 0.3) is 0 Å². The maximum absolute atomic E-state index is 5.50. The zero-order valence-corrected chi connectivity index (χ0v) is 14.1. The second-order valence-electron chi connectivity index (χ2n) is 7.96. The molecule has 1 aliphatic carbocycles. The lowest BCUT2D eigenvalue weighted by atomic mass is 9.72. The summed E-state index contributed by atoms with van der Waals surface area (Å²) >= 11 is 0. The zero-order valence-electron chi connectivity index (χ0n) is 14.1. The highest BCUT2D eigenvalue weighted by atomic mass is 16.5. The number of likely N-dealkylation sites (tertiary alicyclic amines) is 1. The van der Waals surface area contributed by atoms with Crippen LogP contribution in [0.2, 0.25) is 0 Å². The number of hydrogen-bond acceptors (Lipinski definition) is 4. The van der Waals surface area contributed by atoms with Crippen molar-refractivity contribution in [3.63, 3.8) is 0 Å². The molecule has 1 saturated carbocycles. The van der Waals surface area contributed by atoms with Crippen LogP contribution in [0.15, 0.2) is 0 Å². The molecule has 3 unspecified atom stereocenters. The first-order valence-corrected chi connectivity index (χ1v) is 8.82. The molecule has 0 aromatic heterocycles. The van der Waals surface area contributed by atoms with Gasteiger partial charge in [0.25, 0.3) is 0 Å². The van der Waals surface area contributed by atoms with E-state index in [0.29, 0.717) is 11.5 Å². The van der Waals surface area contributed by atoms with Crippen molar-refractivity contribution in [1.29, 1.82) is 0 Å². The van der Waals surface area contributed by atoms with Crippen molar-refractivity contribution in [2.45, 2.75) is 57.7 Å². The largest absolute Gasteiger partial charge is 0.379 e. The Labute approximate surface area is 130 Å². The van der Waals surface area contributed by atoms with E-state index in [1.54, 1.807) is 0 Å². The predicted molar refractivity (Wildman–Crippen MR) is 86.6 cm³/mol. The summed E-state index contributed by atoms with van der Waals surface area (Å²) in [7, 11) is 2.14. The van der Waals surface area contributed by atoms with Gasteiger partial charge in [-0.3, -0.25) is 9.80 Å². The van der Waals surface area contributed by atoms with Gasteiger partial charge in [0.1, 0.15) is 0 Å². The van der Waals surface area contributed by atoms with Gasteiger partial charge in [0.2, 0.25) is 0 Å². The monoisotopic (exact) mass is 295 g/mol. The number of likely N-dealkylation sites (N-methyl/N-ethyl adjacent to an activating group) is 1. The fourth-order valence-electron chi connectivity index (χ4n) is 4.58. The average molecular weight is 295 g/mol. The summed E-state index contributed by atoms with van der Waals surface area (Å²) in [4.78, 5) is 5.44. The van der Waals surface area contributed by atoms with Crippen molar-refractivity contribution in [2.24, 2.45) is 5.41 Å². The molecule has 0 bridgehead atoms. The van der Waals surface area contributed by atoms with Gasteiger partial charge in [0.05, 0.1) is 13.2 Å². The first-order chi connectivity index (χ1) is 10.1. The summed E-state index contributed by atoms with van der Waals surface area (Å²) in [5.74, 6) is 0. The van der Waals surface area contributed by atoms with E-state index in [1.165, 1.54) is 38.8 Å². The van der Waals surface area contributed by atoms with Crippen LogP contribution in [0, 0.1) is 5.41 Å². The van der Waals surface area contributed by atoms with Crippen LogP contribution in [0.3, 0.4) is 0 Å². The lowest BCUT2D eigenvalue weighted by Crippen LogP contribution is -2.54. The molecule has 1 N–H and O–H groups in total. The van der Waals surface area contributed by atoms with Crippen molar-refractivity contribution in [3.05, 3.63) is 0 Å². The number of ether oxygens (including phenoxy) is 1. The highest BCUT2D eigenvalue weighted by Crippen LogP contribution is 2.38. The fourth-order valence-corrected chi connectivity index (χ4v) is 4.58. The van der Waals surface area contributed by atoms with E-state index >= 15 is 0 Å². The average Bonchev–Trinajstić information content (AvgIpc) is 2.97. The van der Waals surface area contributed by atoms with Gasteiger partial charge in [0, 0.05) is 44.3 Å². The number of hydrogen-bond donors (Lipinski definition) is 1. The van der Waals surface area contributed by atoms with Gasteiger partial charge in [-0.05, 0) is 38.1 Å². The van der Waals surface area contributed by atoms with E-state index in [0.717, 1.165) is 38.4 Å². The number of nitrogens with zero attached hydrogens (tertiary/aromatic N) is 2.